The summed E-state index contributed by atoms with van der Waals surface area (Å²) in [6, 6.07) is 13.2. The Morgan fingerprint density at radius 2 is 1.66 bits per heavy atom. The first-order chi connectivity index (χ1) is 16.6. The second-order valence-electron chi connectivity index (χ2n) is 10.7. The van der Waals surface area contributed by atoms with Gasteiger partial charge < -0.3 is 24.3 Å². The van der Waals surface area contributed by atoms with Crippen LogP contribution in [-0.2, 0) is 10.3 Å². The molecule has 1 unspecified atom stereocenters. The van der Waals surface area contributed by atoms with Crippen molar-refractivity contribution in [2.75, 3.05) is 20.2 Å². The minimum absolute atomic E-state index is 0.0119. The summed E-state index contributed by atoms with van der Waals surface area (Å²) in [7, 11) is 1.59. The Bertz CT molecular complexity index is 1070. The van der Waals surface area contributed by atoms with Gasteiger partial charge in [-0.1, -0.05) is 32.0 Å². The van der Waals surface area contributed by atoms with E-state index in [1.54, 1.807) is 13.2 Å². The predicted molar refractivity (Wildman–Crippen MR) is 137 cm³/mol. The zero-order chi connectivity index (χ0) is 25.4. The first-order valence-electron chi connectivity index (χ1n) is 12.6. The molecule has 1 fully saturated rings. The molecule has 1 spiro atoms. The van der Waals surface area contributed by atoms with Gasteiger partial charge in [0.25, 0.3) is 0 Å². The quantitative estimate of drug-likeness (QED) is 0.525. The molecule has 2 aromatic carbocycles. The number of hydrogen-bond donors (Lipinski definition) is 1. The van der Waals surface area contributed by atoms with Gasteiger partial charge in [0.05, 0.1) is 19.3 Å². The second kappa shape index (κ2) is 9.47. The van der Waals surface area contributed by atoms with Crippen molar-refractivity contribution in [3.05, 3.63) is 53.6 Å². The minimum atomic E-state index is -1.25. The maximum atomic E-state index is 14.8. The molecule has 0 saturated carbocycles. The number of piperidine rings is 1. The van der Waals surface area contributed by atoms with E-state index in [4.69, 9.17) is 18.9 Å². The van der Waals surface area contributed by atoms with Gasteiger partial charge in [-0.15, -0.1) is 0 Å². The van der Waals surface area contributed by atoms with Crippen LogP contribution >= 0.6 is 0 Å². The summed E-state index contributed by atoms with van der Waals surface area (Å²) in [5.74, 6) is 1.76. The minimum Gasteiger partial charge on any atom is -0.493 e. The fraction of sp³-hybridized carbons (Fsp3) is 0.552. The van der Waals surface area contributed by atoms with Gasteiger partial charge in [-0.25, -0.2) is 0 Å². The van der Waals surface area contributed by atoms with Crippen LogP contribution < -0.4 is 19.5 Å². The van der Waals surface area contributed by atoms with Crippen LogP contribution in [0.15, 0.2) is 42.5 Å². The number of para-hydroxylation sites is 1. The maximum absolute atomic E-state index is 14.8. The van der Waals surface area contributed by atoms with Crippen molar-refractivity contribution in [2.24, 2.45) is 5.41 Å². The summed E-state index contributed by atoms with van der Waals surface area (Å²) in [5, 5.41) is 3.45. The summed E-state index contributed by atoms with van der Waals surface area (Å²) >= 11 is 0. The molecule has 190 valence electrons. The van der Waals surface area contributed by atoms with Gasteiger partial charge in [-0.3, -0.25) is 4.79 Å². The van der Waals surface area contributed by atoms with Crippen molar-refractivity contribution in [1.29, 1.82) is 0 Å². The third-order valence-electron chi connectivity index (χ3n) is 7.52. The first kappa shape index (κ1) is 25.5. The molecule has 0 aliphatic carbocycles. The smallest absolute Gasteiger partial charge is 0.200 e. The lowest BCUT2D eigenvalue weighted by Gasteiger charge is -2.60. The van der Waals surface area contributed by atoms with E-state index >= 15 is 0 Å². The maximum Gasteiger partial charge on any atom is 0.200 e. The molecule has 4 rings (SSSR count). The Labute approximate surface area is 209 Å². The fourth-order valence-electron chi connectivity index (χ4n) is 5.79. The van der Waals surface area contributed by atoms with Crippen LogP contribution in [0.25, 0.3) is 0 Å². The standard InChI is InChI=1S/C29H39NO5/c1-19(2)33-24-13-12-21(18-25(24)32-7)26(31)29(34-20(3)4)22-10-8-9-11-23(22)35-28(27(29,5)6)14-16-30-17-15-28/h8-13,18-20,30H,14-17H2,1-7H3. The summed E-state index contributed by atoms with van der Waals surface area (Å²) in [6.45, 7) is 13.8. The number of carbonyl (C=O) groups is 1. The average molecular weight is 482 g/mol. The van der Waals surface area contributed by atoms with Gasteiger partial charge in [0.15, 0.2) is 22.9 Å². The van der Waals surface area contributed by atoms with Gasteiger partial charge >= 0.3 is 0 Å². The lowest BCUT2D eigenvalue weighted by atomic mass is 9.55. The van der Waals surface area contributed by atoms with Gasteiger partial charge in [-0.05, 0) is 65.0 Å². The Balaban J connectivity index is 1.95. The predicted octanol–water partition coefficient (Wildman–Crippen LogP) is 5.53. The number of hydrogen-bond acceptors (Lipinski definition) is 6. The Morgan fingerprint density at radius 1 is 0.971 bits per heavy atom. The van der Waals surface area contributed by atoms with Crippen LogP contribution in [0.5, 0.6) is 17.2 Å². The molecule has 1 saturated heterocycles. The summed E-state index contributed by atoms with van der Waals surface area (Å²) < 4.78 is 25.1. The molecule has 35 heavy (non-hydrogen) atoms. The van der Waals surface area contributed by atoms with Gasteiger partial charge in [-0.2, -0.15) is 0 Å². The largest absolute Gasteiger partial charge is 0.493 e. The second-order valence-corrected chi connectivity index (χ2v) is 10.7. The van der Waals surface area contributed by atoms with Gasteiger partial charge in [0, 0.05) is 29.4 Å². The van der Waals surface area contributed by atoms with E-state index in [1.165, 1.54) is 0 Å². The molecule has 2 heterocycles. The van der Waals surface area contributed by atoms with E-state index in [0.29, 0.717) is 17.1 Å². The molecule has 0 radical (unpaired) electrons. The van der Waals surface area contributed by atoms with Crippen LogP contribution in [0.3, 0.4) is 0 Å². The van der Waals surface area contributed by atoms with Crippen molar-refractivity contribution in [3.63, 3.8) is 0 Å². The lowest BCUT2D eigenvalue weighted by Crippen LogP contribution is -2.69. The number of ether oxygens (including phenoxy) is 4. The average Bonchev–Trinajstić information content (AvgIpc) is 2.82. The Hall–Kier alpha value is -2.57. The zero-order valence-electron chi connectivity index (χ0n) is 22.1. The number of benzene rings is 2. The van der Waals surface area contributed by atoms with Crippen LogP contribution in [0.2, 0.25) is 0 Å². The molecule has 0 aromatic heterocycles. The van der Waals surface area contributed by atoms with Crippen LogP contribution in [0.1, 0.15) is 70.3 Å². The number of ketones is 1. The number of nitrogens with one attached hydrogen (secondary N) is 1. The molecule has 2 aliphatic rings. The van der Waals surface area contributed by atoms with E-state index in [0.717, 1.165) is 37.2 Å². The van der Waals surface area contributed by atoms with Gasteiger partial charge in [0.2, 0.25) is 0 Å². The Morgan fingerprint density at radius 3 is 2.29 bits per heavy atom. The highest BCUT2D eigenvalue weighted by Gasteiger charge is 2.68. The molecule has 2 aromatic rings. The zero-order valence-corrected chi connectivity index (χ0v) is 22.1. The molecule has 6 heteroatoms. The molecule has 0 bridgehead atoms. The SMILES string of the molecule is COc1cc(C(=O)C2(OC(C)C)c3ccccc3OC3(CCNCC3)C2(C)C)ccc1OC(C)C. The van der Waals surface area contributed by atoms with Gasteiger partial charge in [0.1, 0.15) is 11.4 Å². The Kier molecular flexibility index (Phi) is 6.91. The summed E-state index contributed by atoms with van der Waals surface area (Å²) in [5.41, 5.74) is -1.18. The summed E-state index contributed by atoms with van der Waals surface area (Å²) in [4.78, 5) is 14.8. The number of carbonyl (C=O) groups excluding carboxylic acids is 1. The van der Waals surface area contributed by atoms with Crippen molar-refractivity contribution < 1.29 is 23.7 Å². The molecule has 6 nitrogen and oxygen atoms in total. The highest BCUT2D eigenvalue weighted by atomic mass is 16.5. The molecule has 1 N–H and O–H groups in total. The van der Waals surface area contributed by atoms with Crippen molar-refractivity contribution in [2.45, 2.75) is 77.8 Å². The van der Waals surface area contributed by atoms with Crippen LogP contribution in [0, 0.1) is 5.41 Å². The number of rotatable bonds is 7. The van der Waals surface area contributed by atoms with Crippen molar-refractivity contribution in [3.8, 4) is 17.2 Å². The normalized spacial score (nSPS) is 22.5. The molecule has 1 atom stereocenters. The third kappa shape index (κ3) is 4.11. The van der Waals surface area contributed by atoms with Crippen molar-refractivity contribution in [1.82, 2.24) is 5.32 Å². The topological polar surface area (TPSA) is 66.0 Å². The molecule has 2 aliphatic heterocycles. The molecule has 0 amide bonds. The monoisotopic (exact) mass is 481 g/mol. The van der Waals surface area contributed by atoms with E-state index < -0.39 is 16.6 Å². The van der Waals surface area contributed by atoms with Crippen LogP contribution in [0.4, 0.5) is 0 Å². The van der Waals surface area contributed by atoms with Crippen molar-refractivity contribution >= 4 is 5.78 Å². The third-order valence-corrected chi connectivity index (χ3v) is 7.52. The lowest BCUT2D eigenvalue weighted by molar-refractivity contribution is -0.213. The number of Topliss-reactive ketones (excluding diaryl/α,β-unsaturated/α-hetero) is 1. The van der Waals surface area contributed by atoms with E-state index in [1.807, 2.05) is 64.1 Å². The molecular weight excluding hydrogens is 442 g/mol. The van der Waals surface area contributed by atoms with Crippen LogP contribution in [-0.4, -0.2) is 43.8 Å². The highest BCUT2D eigenvalue weighted by Crippen LogP contribution is 2.61. The van der Waals surface area contributed by atoms with E-state index in [2.05, 4.69) is 19.2 Å². The highest BCUT2D eigenvalue weighted by molar-refractivity contribution is 6.05. The summed E-state index contributed by atoms with van der Waals surface area (Å²) in [6.07, 6.45) is 1.38. The van der Waals surface area contributed by atoms with E-state index in [9.17, 15) is 4.79 Å². The fourth-order valence-corrected chi connectivity index (χ4v) is 5.79. The first-order valence-corrected chi connectivity index (χ1v) is 12.6. The van der Waals surface area contributed by atoms with E-state index in [-0.39, 0.29) is 18.0 Å². The molecular formula is C29H39NO5. The number of methoxy groups -OCH3 is 1. The number of fused-ring (bicyclic) bond motifs is 1.